The van der Waals surface area contributed by atoms with Crippen molar-refractivity contribution in [3.8, 4) is 0 Å². The number of nitrogens with one attached hydrogen (secondary N) is 1. The number of rotatable bonds is 4. The lowest BCUT2D eigenvalue weighted by atomic mass is 10.0. The molecule has 2 aliphatic heterocycles. The third-order valence-electron chi connectivity index (χ3n) is 6.12. The molecule has 34 heavy (non-hydrogen) atoms. The van der Waals surface area contributed by atoms with E-state index in [1.807, 2.05) is 32.0 Å². The Bertz CT molecular complexity index is 1330. The number of benzene rings is 3. The van der Waals surface area contributed by atoms with Crippen LogP contribution in [0.4, 0.5) is 21.5 Å². The third kappa shape index (κ3) is 3.45. The summed E-state index contributed by atoms with van der Waals surface area (Å²) in [5.74, 6) is -1.29. The first-order chi connectivity index (χ1) is 16.3. The van der Waals surface area contributed by atoms with Gasteiger partial charge >= 0.3 is 0 Å². The minimum absolute atomic E-state index is 0.0972. The predicted octanol–water partition coefficient (Wildman–Crippen LogP) is 4.36. The number of carbonyl (C=O) groups is 3. The van der Waals surface area contributed by atoms with Crippen LogP contribution in [0.2, 0.25) is 0 Å². The summed E-state index contributed by atoms with van der Waals surface area (Å²) in [6.45, 7) is 3.65. The zero-order chi connectivity index (χ0) is 24.0. The fourth-order valence-electron chi connectivity index (χ4n) is 4.51. The van der Waals surface area contributed by atoms with Gasteiger partial charge in [0.2, 0.25) is 16.7 Å². The molecule has 0 saturated carbocycles. The lowest BCUT2D eigenvalue weighted by Gasteiger charge is -2.33. The van der Waals surface area contributed by atoms with E-state index in [9.17, 15) is 18.8 Å². The number of thioether (sulfide) groups is 1. The highest BCUT2D eigenvalue weighted by atomic mass is 32.2. The van der Waals surface area contributed by atoms with E-state index in [0.717, 1.165) is 11.1 Å². The zero-order valence-corrected chi connectivity index (χ0v) is 19.5. The van der Waals surface area contributed by atoms with Crippen molar-refractivity contribution >= 4 is 46.5 Å². The second-order valence-electron chi connectivity index (χ2n) is 8.41. The molecule has 0 aliphatic carbocycles. The Hall–Kier alpha value is -3.65. The standard InChI is InChI=1S/C26H22FN3O3S/c1-16-7-8-17(2)21(13-16)28-23(31)14-29-22-6-4-3-5-20(22)26(25(29)33)30(24(32)15-34-26)19-11-9-18(27)10-12-19/h3-13H,14-15H2,1-2H3,(H,28,31)/t26-/m0/s1. The highest BCUT2D eigenvalue weighted by Crippen LogP contribution is 2.55. The summed E-state index contributed by atoms with van der Waals surface area (Å²) in [6, 6.07) is 18.5. The molecule has 0 aromatic heterocycles. The molecule has 3 aromatic rings. The van der Waals surface area contributed by atoms with Gasteiger partial charge in [0.25, 0.3) is 5.91 Å². The molecule has 1 saturated heterocycles. The average Bonchev–Trinajstić information content (AvgIpc) is 3.28. The topological polar surface area (TPSA) is 69.7 Å². The lowest BCUT2D eigenvalue weighted by molar-refractivity contribution is -0.124. The van der Waals surface area contributed by atoms with Crippen LogP contribution >= 0.6 is 11.8 Å². The molecule has 1 N–H and O–H groups in total. The molecular formula is C26H22FN3O3S. The van der Waals surface area contributed by atoms with Crippen LogP contribution in [0, 0.1) is 19.7 Å². The van der Waals surface area contributed by atoms with Crippen LogP contribution in [0.25, 0.3) is 0 Å². The first-order valence-electron chi connectivity index (χ1n) is 10.8. The van der Waals surface area contributed by atoms with E-state index >= 15 is 0 Å². The number of para-hydroxylation sites is 1. The first-order valence-corrected chi connectivity index (χ1v) is 11.8. The molecule has 8 heteroatoms. The van der Waals surface area contributed by atoms with Gasteiger partial charge in [-0.2, -0.15) is 0 Å². The Morgan fingerprint density at radius 1 is 1.06 bits per heavy atom. The number of aryl methyl sites for hydroxylation is 2. The van der Waals surface area contributed by atoms with Crippen LogP contribution in [0.5, 0.6) is 0 Å². The van der Waals surface area contributed by atoms with Gasteiger partial charge in [0.05, 0.1) is 11.4 Å². The van der Waals surface area contributed by atoms with Crippen LogP contribution in [-0.4, -0.2) is 30.0 Å². The van der Waals surface area contributed by atoms with Gasteiger partial charge in [0, 0.05) is 16.9 Å². The maximum atomic E-state index is 13.9. The van der Waals surface area contributed by atoms with E-state index in [1.54, 1.807) is 24.3 Å². The SMILES string of the molecule is Cc1ccc(C)c(NC(=O)CN2C(=O)[C@@]3(SCC(=O)N3c3ccc(F)cc3)c3ccccc32)c1. The van der Waals surface area contributed by atoms with E-state index in [4.69, 9.17) is 0 Å². The number of hydrogen-bond donors (Lipinski definition) is 1. The molecule has 172 valence electrons. The number of amides is 3. The summed E-state index contributed by atoms with van der Waals surface area (Å²) in [4.78, 5) is 41.5. The normalized spacial score (nSPS) is 19.1. The largest absolute Gasteiger partial charge is 0.324 e. The van der Waals surface area contributed by atoms with Crippen molar-refractivity contribution in [2.24, 2.45) is 0 Å². The van der Waals surface area contributed by atoms with Crippen molar-refractivity contribution in [1.29, 1.82) is 0 Å². The number of anilines is 3. The lowest BCUT2D eigenvalue weighted by Crippen LogP contribution is -2.50. The maximum absolute atomic E-state index is 13.9. The molecule has 1 atom stereocenters. The van der Waals surface area contributed by atoms with Crippen molar-refractivity contribution in [3.05, 3.63) is 89.2 Å². The third-order valence-corrected chi connectivity index (χ3v) is 7.50. The van der Waals surface area contributed by atoms with Crippen LogP contribution in [-0.2, 0) is 19.3 Å². The fraction of sp³-hybridized carbons (Fsp3) is 0.192. The van der Waals surface area contributed by atoms with E-state index in [2.05, 4.69) is 5.32 Å². The molecule has 0 radical (unpaired) electrons. The highest BCUT2D eigenvalue weighted by molar-refractivity contribution is 8.02. The minimum Gasteiger partial charge on any atom is -0.324 e. The highest BCUT2D eigenvalue weighted by Gasteiger charge is 2.61. The number of halogens is 1. The quantitative estimate of drug-likeness (QED) is 0.609. The summed E-state index contributed by atoms with van der Waals surface area (Å²) >= 11 is 1.22. The van der Waals surface area contributed by atoms with Crippen molar-refractivity contribution < 1.29 is 18.8 Å². The van der Waals surface area contributed by atoms with Crippen molar-refractivity contribution in [1.82, 2.24) is 0 Å². The van der Waals surface area contributed by atoms with Crippen molar-refractivity contribution in [3.63, 3.8) is 0 Å². The molecule has 2 heterocycles. The van der Waals surface area contributed by atoms with E-state index < -0.39 is 10.7 Å². The van der Waals surface area contributed by atoms with Gasteiger partial charge in [-0.1, -0.05) is 30.3 Å². The van der Waals surface area contributed by atoms with E-state index in [1.165, 1.54) is 45.8 Å². The molecule has 5 rings (SSSR count). The average molecular weight is 476 g/mol. The van der Waals surface area contributed by atoms with Crippen molar-refractivity contribution in [2.75, 3.05) is 27.4 Å². The van der Waals surface area contributed by atoms with Crippen molar-refractivity contribution in [2.45, 2.75) is 18.7 Å². The zero-order valence-electron chi connectivity index (χ0n) is 18.7. The Morgan fingerprint density at radius 3 is 2.56 bits per heavy atom. The Morgan fingerprint density at radius 2 is 1.79 bits per heavy atom. The number of hydrogen-bond acceptors (Lipinski definition) is 4. The summed E-state index contributed by atoms with van der Waals surface area (Å²) < 4.78 is 13.6. The second-order valence-corrected chi connectivity index (χ2v) is 9.58. The van der Waals surface area contributed by atoms with E-state index in [0.29, 0.717) is 22.6 Å². The molecule has 3 aromatic carbocycles. The number of nitrogens with zero attached hydrogens (tertiary/aromatic N) is 2. The summed E-state index contributed by atoms with van der Waals surface area (Å²) in [5, 5.41) is 2.90. The van der Waals surface area contributed by atoms with Gasteiger partial charge in [-0.15, -0.1) is 11.8 Å². The minimum atomic E-state index is -1.34. The maximum Gasteiger partial charge on any atom is 0.269 e. The van der Waals surface area contributed by atoms with Gasteiger partial charge in [0.1, 0.15) is 12.4 Å². The number of carbonyl (C=O) groups excluding carboxylic acids is 3. The first kappa shape index (κ1) is 22.2. The van der Waals surface area contributed by atoms with Gasteiger partial charge in [-0.3, -0.25) is 24.2 Å². The monoisotopic (exact) mass is 475 g/mol. The molecule has 2 aliphatic rings. The number of fused-ring (bicyclic) bond motifs is 2. The van der Waals surface area contributed by atoms with Crippen LogP contribution < -0.4 is 15.1 Å². The second kappa shape index (κ2) is 8.29. The summed E-state index contributed by atoms with van der Waals surface area (Å²) in [5.41, 5.74) is 4.28. The molecule has 0 bridgehead atoms. The fourth-order valence-corrected chi connectivity index (χ4v) is 5.87. The van der Waals surface area contributed by atoms with Gasteiger partial charge < -0.3 is 5.32 Å². The molecule has 1 fully saturated rings. The molecular weight excluding hydrogens is 453 g/mol. The van der Waals surface area contributed by atoms with Crippen LogP contribution in [0.3, 0.4) is 0 Å². The van der Waals surface area contributed by atoms with E-state index in [-0.39, 0.29) is 30.0 Å². The molecule has 3 amide bonds. The smallest absolute Gasteiger partial charge is 0.269 e. The van der Waals surface area contributed by atoms with Crippen LogP contribution in [0.1, 0.15) is 16.7 Å². The molecule has 1 spiro atoms. The Balaban J connectivity index is 1.51. The molecule has 0 unspecified atom stereocenters. The Kier molecular flexibility index (Phi) is 5.40. The summed E-state index contributed by atoms with van der Waals surface area (Å²) in [7, 11) is 0. The Labute approximate surface area is 200 Å². The van der Waals surface area contributed by atoms with Gasteiger partial charge in [0.15, 0.2) is 0 Å². The molecule has 6 nitrogen and oxygen atoms in total. The van der Waals surface area contributed by atoms with Crippen LogP contribution in [0.15, 0.2) is 66.7 Å². The predicted molar refractivity (Wildman–Crippen MR) is 131 cm³/mol. The van der Waals surface area contributed by atoms with Gasteiger partial charge in [-0.05, 0) is 61.4 Å². The summed E-state index contributed by atoms with van der Waals surface area (Å²) in [6.07, 6.45) is 0. The van der Waals surface area contributed by atoms with Gasteiger partial charge in [-0.25, -0.2) is 4.39 Å².